The lowest BCUT2D eigenvalue weighted by atomic mass is 10.0. The summed E-state index contributed by atoms with van der Waals surface area (Å²) in [6.07, 6.45) is 32.0. The molecule has 0 aliphatic carbocycles. The highest BCUT2D eigenvalue weighted by Gasteiger charge is 2.05. The SMILES string of the molecule is CCCCCCCCCCCCCCCCCCCCCCCCCC(=O)N(O)Br. The van der Waals surface area contributed by atoms with Crippen LogP contribution in [0.2, 0.25) is 0 Å². The molecule has 180 valence electrons. The fourth-order valence-corrected chi connectivity index (χ4v) is 4.33. The number of carbonyl (C=O) groups excluding carboxylic acids is 1. The monoisotopic (exact) mass is 489 g/mol. The minimum absolute atomic E-state index is 0.251. The summed E-state index contributed by atoms with van der Waals surface area (Å²) in [6.45, 7) is 2.29. The first-order chi connectivity index (χ1) is 14.7. The van der Waals surface area contributed by atoms with Crippen LogP contribution in [0.3, 0.4) is 0 Å². The molecule has 0 aliphatic heterocycles. The van der Waals surface area contributed by atoms with E-state index in [1.807, 2.05) is 0 Å². The Morgan fingerprint density at radius 2 is 0.767 bits per heavy atom. The predicted octanol–water partition coefficient (Wildman–Crippen LogP) is 9.90. The van der Waals surface area contributed by atoms with Gasteiger partial charge in [0, 0.05) is 6.42 Å². The van der Waals surface area contributed by atoms with Crippen LogP contribution in [-0.4, -0.2) is 15.2 Å². The van der Waals surface area contributed by atoms with Crippen molar-refractivity contribution in [3.05, 3.63) is 0 Å². The molecule has 0 saturated heterocycles. The quantitative estimate of drug-likeness (QED) is 0.0633. The number of hydrogen-bond acceptors (Lipinski definition) is 2. The van der Waals surface area contributed by atoms with E-state index >= 15 is 0 Å². The lowest BCUT2D eigenvalue weighted by Crippen LogP contribution is -2.15. The van der Waals surface area contributed by atoms with Crippen LogP contribution >= 0.6 is 16.1 Å². The van der Waals surface area contributed by atoms with E-state index in [4.69, 9.17) is 5.21 Å². The van der Waals surface area contributed by atoms with Crippen LogP contribution in [0.4, 0.5) is 0 Å². The van der Waals surface area contributed by atoms with E-state index in [0.29, 0.717) is 10.5 Å². The fourth-order valence-electron chi connectivity index (χ4n) is 4.15. The third-order valence-corrected chi connectivity index (χ3v) is 6.60. The molecule has 0 aromatic rings. The second-order valence-corrected chi connectivity index (χ2v) is 9.85. The van der Waals surface area contributed by atoms with Gasteiger partial charge in [-0.15, -0.1) is 0 Å². The maximum absolute atomic E-state index is 11.2. The zero-order valence-corrected chi connectivity index (χ0v) is 21.7. The number of carbonyl (C=O) groups is 1. The van der Waals surface area contributed by atoms with Crippen molar-refractivity contribution >= 4 is 22.1 Å². The summed E-state index contributed by atoms with van der Waals surface area (Å²) in [5.74, 6) is -0.251. The van der Waals surface area contributed by atoms with Crippen molar-refractivity contribution in [2.75, 3.05) is 0 Å². The highest BCUT2D eigenvalue weighted by atomic mass is 79.9. The Bertz CT molecular complexity index is 350. The maximum atomic E-state index is 11.2. The highest BCUT2D eigenvalue weighted by molar-refractivity contribution is 9.07. The Labute approximate surface area is 197 Å². The number of hydrogen-bond donors (Lipinski definition) is 1. The third kappa shape index (κ3) is 24.2. The van der Waals surface area contributed by atoms with Gasteiger partial charge in [0.25, 0.3) is 5.91 Å². The van der Waals surface area contributed by atoms with E-state index in [9.17, 15) is 4.79 Å². The minimum atomic E-state index is -0.251. The molecule has 0 radical (unpaired) electrons. The molecule has 0 spiro atoms. The zero-order valence-electron chi connectivity index (χ0n) is 20.2. The van der Waals surface area contributed by atoms with Gasteiger partial charge in [-0.1, -0.05) is 148 Å². The van der Waals surface area contributed by atoms with Gasteiger partial charge < -0.3 is 0 Å². The van der Waals surface area contributed by atoms with Crippen LogP contribution in [0.5, 0.6) is 0 Å². The van der Waals surface area contributed by atoms with E-state index in [2.05, 4.69) is 23.1 Å². The normalized spacial score (nSPS) is 11.2. The molecule has 30 heavy (non-hydrogen) atoms. The largest absolute Gasteiger partial charge is 0.275 e. The van der Waals surface area contributed by atoms with Gasteiger partial charge in [-0.25, -0.2) is 0 Å². The van der Waals surface area contributed by atoms with Crippen LogP contribution in [0, 0.1) is 0 Å². The van der Waals surface area contributed by atoms with Gasteiger partial charge >= 0.3 is 0 Å². The number of unbranched alkanes of at least 4 members (excludes halogenated alkanes) is 22. The minimum Gasteiger partial charge on any atom is -0.275 e. The van der Waals surface area contributed by atoms with Crippen LogP contribution in [-0.2, 0) is 4.79 Å². The summed E-state index contributed by atoms with van der Waals surface area (Å²) in [5.41, 5.74) is 0. The van der Waals surface area contributed by atoms with Gasteiger partial charge in [0.15, 0.2) is 0 Å². The first-order valence-electron chi connectivity index (χ1n) is 13.4. The lowest BCUT2D eigenvalue weighted by Gasteiger charge is -2.05. The Balaban J connectivity index is 3.04. The first kappa shape index (κ1) is 29.9. The van der Waals surface area contributed by atoms with Crippen molar-refractivity contribution in [1.82, 2.24) is 4.09 Å². The summed E-state index contributed by atoms with van der Waals surface area (Å²) in [7, 11) is 0. The molecule has 3 nitrogen and oxygen atoms in total. The Morgan fingerprint density at radius 3 is 1.00 bits per heavy atom. The van der Waals surface area contributed by atoms with Gasteiger partial charge in [-0.3, -0.25) is 10.0 Å². The fraction of sp³-hybridized carbons (Fsp3) is 0.962. The van der Waals surface area contributed by atoms with E-state index in [1.54, 1.807) is 0 Å². The number of halogens is 1. The standard InChI is InChI=1S/C26H52BrNO2/c1-2-3-4-5-6-7-8-9-10-11-12-13-14-15-16-17-18-19-20-21-22-23-24-25-26(29)28(27)30/h30H,2-25H2,1H3. The van der Waals surface area contributed by atoms with Crippen molar-refractivity contribution < 1.29 is 10.0 Å². The highest BCUT2D eigenvalue weighted by Crippen LogP contribution is 2.15. The average molecular weight is 491 g/mol. The molecule has 1 N–H and O–H groups in total. The van der Waals surface area contributed by atoms with E-state index in [-0.39, 0.29) is 5.91 Å². The lowest BCUT2D eigenvalue weighted by molar-refractivity contribution is -0.143. The molecule has 0 saturated carbocycles. The molecule has 1 amide bonds. The van der Waals surface area contributed by atoms with Gasteiger partial charge in [-0.2, -0.15) is 4.09 Å². The smallest absolute Gasteiger partial charge is 0.256 e. The summed E-state index contributed by atoms with van der Waals surface area (Å²) < 4.78 is 0.519. The van der Waals surface area contributed by atoms with Crippen molar-refractivity contribution in [3.8, 4) is 0 Å². The van der Waals surface area contributed by atoms with E-state index in [0.717, 1.165) is 12.8 Å². The van der Waals surface area contributed by atoms with Crippen LogP contribution in [0.15, 0.2) is 0 Å². The van der Waals surface area contributed by atoms with Crippen molar-refractivity contribution in [3.63, 3.8) is 0 Å². The van der Waals surface area contributed by atoms with Gasteiger partial charge in [0.1, 0.15) is 0 Å². The Morgan fingerprint density at radius 1 is 0.533 bits per heavy atom. The first-order valence-corrected chi connectivity index (χ1v) is 14.1. The topological polar surface area (TPSA) is 40.5 Å². The molecule has 0 fully saturated rings. The molecule has 0 atom stereocenters. The molecule has 0 bridgehead atoms. The number of hydroxylamine groups is 1. The number of rotatable bonds is 24. The molecule has 0 rings (SSSR count). The summed E-state index contributed by atoms with van der Waals surface area (Å²) in [6, 6.07) is 0. The number of amides is 1. The van der Waals surface area contributed by atoms with Crippen LogP contribution < -0.4 is 0 Å². The molecule has 0 aromatic carbocycles. The van der Waals surface area contributed by atoms with Gasteiger partial charge in [0.2, 0.25) is 0 Å². The second-order valence-electron chi connectivity index (χ2n) is 9.18. The van der Waals surface area contributed by atoms with Crippen molar-refractivity contribution in [2.24, 2.45) is 0 Å². The predicted molar refractivity (Wildman–Crippen MR) is 134 cm³/mol. The molecule has 0 unspecified atom stereocenters. The Hall–Kier alpha value is -0.0900. The third-order valence-electron chi connectivity index (χ3n) is 6.20. The van der Waals surface area contributed by atoms with Crippen molar-refractivity contribution in [1.29, 1.82) is 0 Å². The molecular weight excluding hydrogens is 438 g/mol. The number of nitrogens with zero attached hydrogens (tertiary/aromatic N) is 1. The molecule has 0 aliphatic rings. The zero-order chi connectivity index (χ0) is 22.1. The van der Waals surface area contributed by atoms with E-state index in [1.165, 1.54) is 135 Å². The van der Waals surface area contributed by atoms with Crippen molar-refractivity contribution in [2.45, 2.75) is 161 Å². The van der Waals surface area contributed by atoms with Gasteiger partial charge in [-0.05, 0) is 6.42 Å². The molecular formula is C26H52BrNO2. The second kappa shape index (κ2) is 25.2. The molecule has 4 heteroatoms. The average Bonchev–Trinajstić information content (AvgIpc) is 2.74. The van der Waals surface area contributed by atoms with E-state index < -0.39 is 0 Å². The maximum Gasteiger partial charge on any atom is 0.256 e. The molecule has 0 heterocycles. The molecule has 0 aromatic heterocycles. The van der Waals surface area contributed by atoms with Crippen LogP contribution in [0.1, 0.15) is 161 Å². The summed E-state index contributed by atoms with van der Waals surface area (Å²) >= 11 is 2.74. The van der Waals surface area contributed by atoms with Crippen LogP contribution in [0.25, 0.3) is 0 Å². The summed E-state index contributed by atoms with van der Waals surface area (Å²) in [5, 5.41) is 8.90. The van der Waals surface area contributed by atoms with Gasteiger partial charge in [0.05, 0.1) is 16.1 Å². The summed E-state index contributed by atoms with van der Waals surface area (Å²) in [4.78, 5) is 11.2. The Kier molecular flexibility index (Phi) is 25.1.